The van der Waals surface area contributed by atoms with Crippen LogP contribution in [0.3, 0.4) is 0 Å². The minimum absolute atomic E-state index is 0.0390. The molecule has 9 nitrogen and oxygen atoms in total. The van der Waals surface area contributed by atoms with E-state index in [0.29, 0.717) is 12.5 Å². The summed E-state index contributed by atoms with van der Waals surface area (Å²) in [7, 11) is 2.81. The van der Waals surface area contributed by atoms with Crippen LogP contribution in [0.15, 0.2) is 34.9 Å². The molecule has 0 atom stereocenters. The van der Waals surface area contributed by atoms with Gasteiger partial charge < -0.3 is 19.2 Å². The number of piperidine rings is 1. The third-order valence-corrected chi connectivity index (χ3v) is 5.16. The number of nitro groups is 1. The van der Waals surface area contributed by atoms with E-state index < -0.39 is 10.8 Å². The summed E-state index contributed by atoms with van der Waals surface area (Å²) in [5.74, 6) is 1.26. The van der Waals surface area contributed by atoms with Crippen molar-refractivity contribution < 1.29 is 23.6 Å². The van der Waals surface area contributed by atoms with Crippen LogP contribution >= 0.6 is 0 Å². The predicted octanol–water partition coefficient (Wildman–Crippen LogP) is 2.85. The van der Waals surface area contributed by atoms with Crippen LogP contribution in [0.25, 0.3) is 0 Å². The van der Waals surface area contributed by atoms with E-state index in [9.17, 15) is 14.9 Å². The van der Waals surface area contributed by atoms with Gasteiger partial charge in [0.15, 0.2) is 11.5 Å². The Morgan fingerprint density at radius 3 is 2.55 bits per heavy atom. The summed E-state index contributed by atoms with van der Waals surface area (Å²) in [6.07, 6.45) is 3.55. The quantitative estimate of drug-likeness (QED) is 0.533. The van der Waals surface area contributed by atoms with Crippen LogP contribution < -0.4 is 14.8 Å². The highest BCUT2D eigenvalue weighted by Gasteiger charge is 2.26. The van der Waals surface area contributed by atoms with E-state index in [1.165, 1.54) is 26.4 Å². The van der Waals surface area contributed by atoms with Gasteiger partial charge in [-0.3, -0.25) is 19.8 Å². The fourth-order valence-corrected chi connectivity index (χ4v) is 3.51. The number of rotatable bonds is 8. The van der Waals surface area contributed by atoms with Crippen molar-refractivity contribution in [2.45, 2.75) is 19.4 Å². The Bertz CT molecular complexity index is 844. The van der Waals surface area contributed by atoms with Gasteiger partial charge in [-0.15, -0.1) is 0 Å². The van der Waals surface area contributed by atoms with Crippen LogP contribution in [-0.2, 0) is 6.54 Å². The summed E-state index contributed by atoms with van der Waals surface area (Å²) in [6.45, 7) is 3.08. The number of nitro benzene ring substituents is 1. The number of nitrogens with zero attached hydrogens (tertiary/aromatic N) is 2. The summed E-state index contributed by atoms with van der Waals surface area (Å²) in [6, 6.07) is 6.40. The van der Waals surface area contributed by atoms with Crippen LogP contribution in [-0.4, -0.2) is 49.6 Å². The molecule has 1 saturated heterocycles. The standard InChI is InChI=1S/C20H25N3O6/c1-27-18-10-16(17(23(25)26)11-19(18)28-2)20(24)21-12-14-5-7-22(8-6-14)13-15-4-3-9-29-15/h3-4,9-11,14H,5-8,12-13H2,1-2H3,(H,21,24). The van der Waals surface area contributed by atoms with Crippen molar-refractivity contribution in [2.24, 2.45) is 5.92 Å². The smallest absolute Gasteiger partial charge is 0.286 e. The van der Waals surface area contributed by atoms with Gasteiger partial charge in [0, 0.05) is 12.6 Å². The second kappa shape index (κ2) is 9.42. The molecule has 0 radical (unpaired) electrons. The van der Waals surface area contributed by atoms with Crippen molar-refractivity contribution >= 4 is 11.6 Å². The van der Waals surface area contributed by atoms with Gasteiger partial charge in [0.1, 0.15) is 11.3 Å². The second-order valence-electron chi connectivity index (χ2n) is 6.99. The number of carbonyl (C=O) groups is 1. The van der Waals surface area contributed by atoms with Crippen LogP contribution in [0.1, 0.15) is 29.0 Å². The number of carbonyl (C=O) groups excluding carboxylic acids is 1. The van der Waals surface area contributed by atoms with Crippen molar-refractivity contribution in [1.82, 2.24) is 10.2 Å². The molecule has 1 fully saturated rings. The Balaban J connectivity index is 1.57. The molecule has 0 bridgehead atoms. The minimum atomic E-state index is -0.593. The Hall–Kier alpha value is -3.07. The Morgan fingerprint density at radius 2 is 1.97 bits per heavy atom. The lowest BCUT2D eigenvalue weighted by Crippen LogP contribution is -2.38. The molecule has 0 unspecified atom stereocenters. The minimum Gasteiger partial charge on any atom is -0.493 e. The largest absolute Gasteiger partial charge is 0.493 e. The summed E-state index contributed by atoms with van der Waals surface area (Å²) < 4.78 is 15.6. The SMILES string of the molecule is COc1cc(C(=O)NCC2CCN(Cc3ccco3)CC2)c([N+](=O)[O-])cc1OC. The molecular formula is C20H25N3O6. The van der Waals surface area contributed by atoms with Gasteiger partial charge in [-0.2, -0.15) is 0 Å². The molecule has 0 saturated carbocycles. The van der Waals surface area contributed by atoms with Crippen LogP contribution in [0.2, 0.25) is 0 Å². The topological polar surface area (TPSA) is 107 Å². The average molecular weight is 403 g/mol. The first kappa shape index (κ1) is 20.7. The number of likely N-dealkylation sites (tertiary alicyclic amines) is 1. The summed E-state index contributed by atoms with van der Waals surface area (Å²) >= 11 is 0. The van der Waals surface area contributed by atoms with E-state index in [-0.39, 0.29) is 22.7 Å². The molecule has 1 amide bonds. The van der Waals surface area contributed by atoms with Crippen molar-refractivity contribution in [1.29, 1.82) is 0 Å². The van der Waals surface area contributed by atoms with Gasteiger partial charge in [-0.25, -0.2) is 0 Å². The maximum atomic E-state index is 12.6. The van der Waals surface area contributed by atoms with E-state index in [1.54, 1.807) is 6.26 Å². The highest BCUT2D eigenvalue weighted by atomic mass is 16.6. The molecule has 29 heavy (non-hydrogen) atoms. The first-order valence-corrected chi connectivity index (χ1v) is 9.45. The number of methoxy groups -OCH3 is 2. The lowest BCUT2D eigenvalue weighted by atomic mass is 9.96. The molecule has 1 aromatic carbocycles. The lowest BCUT2D eigenvalue weighted by Gasteiger charge is -2.31. The van der Waals surface area contributed by atoms with E-state index >= 15 is 0 Å². The Labute approximate surface area is 168 Å². The molecule has 0 aliphatic carbocycles. The summed E-state index contributed by atoms with van der Waals surface area (Å²) in [5.41, 5.74) is -0.351. The van der Waals surface area contributed by atoms with E-state index in [0.717, 1.165) is 38.2 Å². The zero-order valence-electron chi connectivity index (χ0n) is 16.6. The third kappa shape index (κ3) is 5.05. The first-order chi connectivity index (χ1) is 14.0. The van der Waals surface area contributed by atoms with E-state index in [1.807, 2.05) is 12.1 Å². The van der Waals surface area contributed by atoms with Crippen LogP contribution in [0.4, 0.5) is 5.69 Å². The fraction of sp³-hybridized carbons (Fsp3) is 0.450. The van der Waals surface area contributed by atoms with Crippen molar-refractivity contribution in [3.63, 3.8) is 0 Å². The van der Waals surface area contributed by atoms with Gasteiger partial charge in [-0.1, -0.05) is 0 Å². The van der Waals surface area contributed by atoms with Crippen molar-refractivity contribution in [3.05, 3.63) is 52.0 Å². The van der Waals surface area contributed by atoms with Gasteiger partial charge in [0.2, 0.25) is 0 Å². The number of amides is 1. The average Bonchev–Trinajstić information content (AvgIpc) is 3.24. The molecule has 1 aliphatic rings. The summed E-state index contributed by atoms with van der Waals surface area (Å²) in [5, 5.41) is 14.2. The second-order valence-corrected chi connectivity index (χ2v) is 6.99. The highest BCUT2D eigenvalue weighted by Crippen LogP contribution is 2.34. The van der Waals surface area contributed by atoms with Crippen molar-refractivity contribution in [2.75, 3.05) is 33.9 Å². The monoisotopic (exact) mass is 403 g/mol. The number of ether oxygens (including phenoxy) is 2. The van der Waals surface area contributed by atoms with Crippen LogP contribution in [0, 0.1) is 16.0 Å². The first-order valence-electron chi connectivity index (χ1n) is 9.45. The molecule has 2 aromatic rings. The maximum Gasteiger partial charge on any atom is 0.286 e. The molecule has 3 rings (SSSR count). The maximum absolute atomic E-state index is 12.6. The van der Waals surface area contributed by atoms with Crippen LogP contribution in [0.5, 0.6) is 11.5 Å². The zero-order valence-corrected chi connectivity index (χ0v) is 16.6. The van der Waals surface area contributed by atoms with Gasteiger partial charge in [0.05, 0.1) is 38.0 Å². The van der Waals surface area contributed by atoms with E-state index in [4.69, 9.17) is 13.9 Å². The molecule has 1 aromatic heterocycles. The molecule has 9 heteroatoms. The number of benzene rings is 1. The van der Waals surface area contributed by atoms with Gasteiger partial charge in [0.25, 0.3) is 11.6 Å². The zero-order chi connectivity index (χ0) is 20.8. The molecule has 1 aliphatic heterocycles. The summed E-state index contributed by atoms with van der Waals surface area (Å²) in [4.78, 5) is 25.7. The number of hydrogen-bond acceptors (Lipinski definition) is 7. The molecule has 1 N–H and O–H groups in total. The Kier molecular flexibility index (Phi) is 6.71. The predicted molar refractivity (Wildman–Crippen MR) is 105 cm³/mol. The highest BCUT2D eigenvalue weighted by molar-refractivity contribution is 5.99. The molecule has 2 heterocycles. The van der Waals surface area contributed by atoms with Gasteiger partial charge in [-0.05, 0) is 44.0 Å². The normalized spacial score (nSPS) is 15.1. The Morgan fingerprint density at radius 1 is 1.28 bits per heavy atom. The third-order valence-electron chi connectivity index (χ3n) is 5.16. The number of nitrogens with one attached hydrogen (secondary N) is 1. The molecular weight excluding hydrogens is 378 g/mol. The fourth-order valence-electron chi connectivity index (χ4n) is 3.51. The van der Waals surface area contributed by atoms with Gasteiger partial charge >= 0.3 is 0 Å². The molecule has 156 valence electrons. The van der Waals surface area contributed by atoms with Crippen molar-refractivity contribution in [3.8, 4) is 11.5 Å². The number of hydrogen-bond donors (Lipinski definition) is 1. The number of furan rings is 1. The molecule has 0 spiro atoms. The lowest BCUT2D eigenvalue weighted by molar-refractivity contribution is -0.385. The van der Waals surface area contributed by atoms with E-state index in [2.05, 4.69) is 10.2 Å².